The monoisotopic (exact) mass is 397 g/mol. The van der Waals surface area contributed by atoms with Crippen LogP contribution in [0.3, 0.4) is 0 Å². The van der Waals surface area contributed by atoms with Gasteiger partial charge in [0.1, 0.15) is 11.9 Å². The molecule has 0 aromatic rings. The molecule has 160 valence electrons. The lowest BCUT2D eigenvalue weighted by atomic mass is 9.69. The average molecular weight is 398 g/mol. The van der Waals surface area contributed by atoms with Gasteiger partial charge < -0.3 is 20.5 Å². The van der Waals surface area contributed by atoms with Crippen molar-refractivity contribution in [3.8, 4) is 0 Å². The van der Waals surface area contributed by atoms with Crippen LogP contribution >= 0.6 is 0 Å². The summed E-state index contributed by atoms with van der Waals surface area (Å²) in [4.78, 5) is 23.1. The van der Waals surface area contributed by atoms with Crippen molar-refractivity contribution < 1.29 is 19.1 Å². The first-order chi connectivity index (χ1) is 13.5. The second-order valence-electron chi connectivity index (χ2n) is 7.88. The number of hydrogen-bond acceptors (Lipinski definition) is 8. The quantitative estimate of drug-likeness (QED) is 0.106. The predicted molar refractivity (Wildman–Crippen MR) is 106 cm³/mol. The van der Waals surface area contributed by atoms with Gasteiger partial charge in [-0.1, -0.05) is 6.42 Å². The number of nitrogens with one attached hydrogen (secondary N) is 2. The minimum absolute atomic E-state index is 0.168. The minimum atomic E-state index is -0.283. The van der Waals surface area contributed by atoms with Gasteiger partial charge >= 0.3 is 11.9 Å². The third kappa shape index (κ3) is 7.63. The van der Waals surface area contributed by atoms with E-state index in [-0.39, 0.29) is 18.0 Å². The molecule has 1 aliphatic heterocycles. The van der Waals surface area contributed by atoms with E-state index in [1.165, 1.54) is 19.8 Å². The van der Waals surface area contributed by atoms with E-state index < -0.39 is 0 Å². The van der Waals surface area contributed by atoms with E-state index in [2.05, 4.69) is 16.0 Å². The van der Waals surface area contributed by atoms with Crippen LogP contribution in [0.2, 0.25) is 0 Å². The summed E-state index contributed by atoms with van der Waals surface area (Å²) in [6.45, 7) is 3.00. The molecule has 9 heteroatoms. The zero-order valence-electron chi connectivity index (χ0n) is 16.8. The maximum atomic E-state index is 12.4. The van der Waals surface area contributed by atoms with E-state index >= 15 is 0 Å². The molecule has 28 heavy (non-hydrogen) atoms. The van der Waals surface area contributed by atoms with Crippen LogP contribution in [0.5, 0.6) is 0 Å². The molecule has 0 amide bonds. The first-order valence-electron chi connectivity index (χ1n) is 10.3. The van der Waals surface area contributed by atoms with Crippen molar-refractivity contribution in [1.82, 2.24) is 10.9 Å². The molecule has 0 spiro atoms. The van der Waals surface area contributed by atoms with Crippen molar-refractivity contribution in [2.45, 2.75) is 64.3 Å². The Labute approximate surface area is 166 Å². The lowest BCUT2D eigenvalue weighted by Crippen LogP contribution is -2.50. The van der Waals surface area contributed by atoms with Gasteiger partial charge in [-0.25, -0.2) is 11.4 Å². The molecule has 1 saturated heterocycles. The average Bonchev–Trinajstić information content (AvgIpc) is 2.68. The lowest BCUT2D eigenvalue weighted by molar-refractivity contribution is -0.148. The fraction of sp³-hybridized carbons (Fsp3) is 0.842. The summed E-state index contributed by atoms with van der Waals surface area (Å²) in [5.41, 5.74) is 8.03. The number of hydrogen-bond donors (Lipinski definition) is 4. The molecule has 1 aliphatic carbocycles. The van der Waals surface area contributed by atoms with E-state index in [4.69, 9.17) is 21.1 Å². The van der Waals surface area contributed by atoms with E-state index in [1.807, 2.05) is 0 Å². The molecule has 4 unspecified atom stereocenters. The Hall–Kier alpha value is -1.87. The summed E-state index contributed by atoms with van der Waals surface area (Å²) >= 11 is 0. The summed E-state index contributed by atoms with van der Waals surface area (Å²) in [5, 5.41) is 7.17. The first-order valence-corrected chi connectivity index (χ1v) is 10.3. The lowest BCUT2D eigenvalue weighted by Gasteiger charge is -2.42. The fourth-order valence-electron chi connectivity index (χ4n) is 4.29. The number of nitrogens with two attached hydrogens (primary N) is 2. The SMILES string of the molecule is CC(=O)OCCCCOC(=O)C1CC2CC(CC/C(N)=N/NN)CCC2CN1. The summed E-state index contributed by atoms with van der Waals surface area (Å²) in [6.07, 6.45) is 7.48. The first kappa shape index (κ1) is 22.4. The van der Waals surface area contributed by atoms with E-state index in [9.17, 15) is 9.59 Å². The summed E-state index contributed by atoms with van der Waals surface area (Å²) in [5.74, 6) is 7.04. The Morgan fingerprint density at radius 3 is 2.61 bits per heavy atom. The number of fused-ring (bicyclic) bond motifs is 1. The number of amidine groups is 1. The van der Waals surface area contributed by atoms with Crippen molar-refractivity contribution in [2.75, 3.05) is 19.8 Å². The number of rotatable bonds is 10. The Kier molecular flexibility index (Phi) is 9.49. The molecule has 2 rings (SSSR count). The molecule has 0 bridgehead atoms. The van der Waals surface area contributed by atoms with Gasteiger partial charge in [-0.2, -0.15) is 5.10 Å². The molecular weight excluding hydrogens is 362 g/mol. The van der Waals surface area contributed by atoms with Crippen LogP contribution in [0.4, 0.5) is 0 Å². The van der Waals surface area contributed by atoms with Crippen molar-refractivity contribution in [2.24, 2.45) is 34.4 Å². The molecule has 0 radical (unpaired) electrons. The van der Waals surface area contributed by atoms with Crippen LogP contribution < -0.4 is 22.4 Å². The van der Waals surface area contributed by atoms with Crippen LogP contribution in [0, 0.1) is 17.8 Å². The van der Waals surface area contributed by atoms with Gasteiger partial charge in [0.15, 0.2) is 0 Å². The number of piperidine rings is 1. The van der Waals surface area contributed by atoms with Crippen molar-refractivity contribution in [3.63, 3.8) is 0 Å². The van der Waals surface area contributed by atoms with Crippen molar-refractivity contribution in [3.05, 3.63) is 0 Å². The van der Waals surface area contributed by atoms with E-state index in [1.54, 1.807) is 0 Å². The molecule has 9 nitrogen and oxygen atoms in total. The Bertz CT molecular complexity index is 542. The number of carbonyl (C=O) groups is 2. The second kappa shape index (κ2) is 11.9. The number of unbranched alkanes of at least 4 members (excludes halogenated alkanes) is 1. The molecule has 1 saturated carbocycles. The van der Waals surface area contributed by atoms with Crippen LogP contribution in [-0.4, -0.2) is 43.6 Å². The number of nitrogens with zero attached hydrogens (tertiary/aromatic N) is 1. The Morgan fingerprint density at radius 1 is 1.14 bits per heavy atom. The Balaban J connectivity index is 1.68. The van der Waals surface area contributed by atoms with Gasteiger partial charge in [0, 0.05) is 13.3 Å². The normalized spacial score (nSPS) is 27.6. The number of carbonyl (C=O) groups excluding carboxylic acids is 2. The number of ether oxygens (including phenoxy) is 2. The molecule has 2 aliphatic rings. The highest BCUT2D eigenvalue weighted by Gasteiger charge is 2.38. The predicted octanol–water partition coefficient (Wildman–Crippen LogP) is 0.783. The molecule has 2 fully saturated rings. The highest BCUT2D eigenvalue weighted by molar-refractivity contribution is 5.79. The van der Waals surface area contributed by atoms with Gasteiger partial charge in [0.25, 0.3) is 0 Å². The largest absolute Gasteiger partial charge is 0.466 e. The zero-order valence-corrected chi connectivity index (χ0v) is 16.8. The van der Waals surface area contributed by atoms with Gasteiger partial charge in [0.05, 0.1) is 13.2 Å². The smallest absolute Gasteiger partial charge is 0.323 e. The molecule has 0 aromatic heterocycles. The van der Waals surface area contributed by atoms with E-state index in [0.29, 0.717) is 49.6 Å². The third-order valence-electron chi connectivity index (χ3n) is 5.80. The molecule has 0 aromatic carbocycles. The minimum Gasteiger partial charge on any atom is -0.466 e. The number of esters is 2. The van der Waals surface area contributed by atoms with Gasteiger partial charge in [0.2, 0.25) is 0 Å². The standard InChI is InChI=1S/C19H35N5O4/c1-13(25)27-8-2-3-9-28-19(26)17-11-16-10-14(4-6-15(16)12-22-17)5-7-18(20)23-24-21/h14-17,22,24H,2-12,21H2,1H3,(H2,20,23). The van der Waals surface area contributed by atoms with Gasteiger partial charge in [-0.05, 0) is 62.8 Å². The second-order valence-corrected chi connectivity index (χ2v) is 7.88. The third-order valence-corrected chi connectivity index (χ3v) is 5.80. The maximum absolute atomic E-state index is 12.4. The van der Waals surface area contributed by atoms with Crippen LogP contribution in [0.1, 0.15) is 58.3 Å². The van der Waals surface area contributed by atoms with E-state index in [0.717, 1.165) is 32.2 Å². The highest BCUT2D eigenvalue weighted by Crippen LogP contribution is 2.40. The highest BCUT2D eigenvalue weighted by atomic mass is 16.5. The fourth-order valence-corrected chi connectivity index (χ4v) is 4.29. The molecule has 6 N–H and O–H groups in total. The van der Waals surface area contributed by atoms with Crippen LogP contribution in [-0.2, 0) is 19.1 Å². The summed E-state index contributed by atoms with van der Waals surface area (Å²) in [6, 6.07) is -0.221. The van der Waals surface area contributed by atoms with Crippen molar-refractivity contribution in [1.29, 1.82) is 0 Å². The summed E-state index contributed by atoms with van der Waals surface area (Å²) < 4.78 is 10.3. The van der Waals surface area contributed by atoms with Crippen LogP contribution in [0.25, 0.3) is 0 Å². The van der Waals surface area contributed by atoms with Gasteiger partial charge in [-0.15, -0.1) is 0 Å². The molecular formula is C19H35N5O4. The van der Waals surface area contributed by atoms with Crippen LogP contribution in [0.15, 0.2) is 5.10 Å². The number of hydrazone groups is 1. The molecule has 1 heterocycles. The maximum Gasteiger partial charge on any atom is 0.323 e. The Morgan fingerprint density at radius 2 is 1.89 bits per heavy atom. The zero-order chi connectivity index (χ0) is 20.4. The van der Waals surface area contributed by atoms with Gasteiger partial charge in [-0.3, -0.25) is 9.59 Å². The summed E-state index contributed by atoms with van der Waals surface area (Å²) in [7, 11) is 0. The van der Waals surface area contributed by atoms with Crippen molar-refractivity contribution >= 4 is 17.8 Å². The molecule has 4 atom stereocenters. The number of hydrazine groups is 1. The topological polar surface area (TPSA) is 141 Å².